The molecule has 0 radical (unpaired) electrons. The summed E-state index contributed by atoms with van der Waals surface area (Å²) in [4.78, 5) is 0. The highest BCUT2D eigenvalue weighted by Crippen LogP contribution is 2.37. The van der Waals surface area contributed by atoms with Crippen molar-refractivity contribution in [3.05, 3.63) is 0 Å². The highest BCUT2D eigenvalue weighted by molar-refractivity contribution is 7.89. The molecule has 1 atom stereocenters. The van der Waals surface area contributed by atoms with Crippen LogP contribution in [0.15, 0.2) is 0 Å². The van der Waals surface area contributed by atoms with E-state index < -0.39 is 15.8 Å². The van der Waals surface area contributed by atoms with Crippen LogP contribution in [0.3, 0.4) is 0 Å². The van der Waals surface area contributed by atoms with Crippen molar-refractivity contribution in [1.82, 2.24) is 4.72 Å². The summed E-state index contributed by atoms with van der Waals surface area (Å²) in [6.45, 7) is 4.60. The van der Waals surface area contributed by atoms with Gasteiger partial charge in [0.15, 0.2) is 5.79 Å². The highest BCUT2D eigenvalue weighted by Gasteiger charge is 2.42. The molecule has 2 fully saturated rings. The predicted octanol–water partition coefficient (Wildman–Crippen LogP) is 1.64. The summed E-state index contributed by atoms with van der Waals surface area (Å²) >= 11 is 0. The standard InChI is InChI=1S/C13H25NO4S/c1-11(2)10-19(15,16)14-8-12-9-17-13(18-12)6-4-3-5-7-13/h11-12,14H,3-10H2,1-2H3/t12-/m1/s1. The van der Waals surface area contributed by atoms with Crippen molar-refractivity contribution in [1.29, 1.82) is 0 Å². The quantitative estimate of drug-likeness (QED) is 0.836. The van der Waals surface area contributed by atoms with Crippen LogP contribution in [0.25, 0.3) is 0 Å². The van der Waals surface area contributed by atoms with E-state index in [1.807, 2.05) is 13.8 Å². The van der Waals surface area contributed by atoms with E-state index in [9.17, 15) is 8.42 Å². The van der Waals surface area contributed by atoms with Crippen LogP contribution in [0.4, 0.5) is 0 Å². The number of rotatable bonds is 5. The Bertz CT molecular complexity index is 387. The molecule has 0 aromatic carbocycles. The summed E-state index contributed by atoms with van der Waals surface area (Å²) in [5.74, 6) is -0.138. The van der Waals surface area contributed by atoms with Crippen molar-refractivity contribution < 1.29 is 17.9 Å². The zero-order valence-electron chi connectivity index (χ0n) is 11.9. The summed E-state index contributed by atoms with van der Waals surface area (Å²) < 4.78 is 37.9. The molecule has 1 heterocycles. The maximum Gasteiger partial charge on any atom is 0.211 e. The van der Waals surface area contributed by atoms with Crippen molar-refractivity contribution in [2.24, 2.45) is 5.92 Å². The number of nitrogens with one attached hydrogen (secondary N) is 1. The van der Waals surface area contributed by atoms with Crippen LogP contribution >= 0.6 is 0 Å². The zero-order valence-corrected chi connectivity index (χ0v) is 12.7. The van der Waals surface area contributed by atoms with Crippen LogP contribution in [-0.2, 0) is 19.5 Å². The lowest BCUT2D eigenvalue weighted by atomic mass is 9.94. The van der Waals surface area contributed by atoms with E-state index >= 15 is 0 Å². The topological polar surface area (TPSA) is 64.6 Å². The molecule has 5 nitrogen and oxygen atoms in total. The Morgan fingerprint density at radius 3 is 2.58 bits per heavy atom. The lowest BCUT2D eigenvalue weighted by Crippen LogP contribution is -2.38. The fourth-order valence-corrected chi connectivity index (χ4v) is 4.22. The predicted molar refractivity (Wildman–Crippen MR) is 73.3 cm³/mol. The average molecular weight is 291 g/mol. The van der Waals surface area contributed by atoms with E-state index in [2.05, 4.69) is 4.72 Å². The Morgan fingerprint density at radius 1 is 1.26 bits per heavy atom. The van der Waals surface area contributed by atoms with Gasteiger partial charge in [-0.3, -0.25) is 0 Å². The molecule has 0 unspecified atom stereocenters. The largest absolute Gasteiger partial charge is 0.347 e. The number of ether oxygens (including phenoxy) is 2. The first kappa shape index (κ1) is 15.2. The molecule has 19 heavy (non-hydrogen) atoms. The molecule has 1 aliphatic carbocycles. The molecule has 1 N–H and O–H groups in total. The third kappa shape index (κ3) is 4.41. The molecule has 1 saturated heterocycles. The minimum atomic E-state index is -3.20. The van der Waals surface area contributed by atoms with E-state index in [1.54, 1.807) is 0 Å². The molecule has 2 aliphatic rings. The Kier molecular flexibility index (Phi) is 4.87. The van der Waals surface area contributed by atoms with Crippen LogP contribution in [0.5, 0.6) is 0 Å². The lowest BCUT2D eigenvalue weighted by Gasteiger charge is -2.31. The second kappa shape index (κ2) is 6.08. The molecule has 0 aromatic heterocycles. The Hall–Kier alpha value is -0.170. The van der Waals surface area contributed by atoms with E-state index in [-0.39, 0.29) is 17.8 Å². The summed E-state index contributed by atoms with van der Waals surface area (Å²) in [6.07, 6.45) is 5.21. The molecular formula is C13H25NO4S. The number of hydrogen-bond donors (Lipinski definition) is 1. The van der Waals surface area contributed by atoms with Crippen molar-refractivity contribution in [3.8, 4) is 0 Å². The first-order chi connectivity index (χ1) is 8.91. The van der Waals surface area contributed by atoms with E-state index in [1.165, 1.54) is 6.42 Å². The lowest BCUT2D eigenvalue weighted by molar-refractivity contribution is -0.186. The SMILES string of the molecule is CC(C)CS(=O)(=O)NC[C@@H]1COC2(CCCCC2)O1. The molecular weight excluding hydrogens is 266 g/mol. The summed E-state index contributed by atoms with van der Waals surface area (Å²) in [5, 5.41) is 0. The molecule has 1 saturated carbocycles. The van der Waals surface area contributed by atoms with Crippen LogP contribution in [-0.4, -0.2) is 39.2 Å². The fourth-order valence-electron chi connectivity index (χ4n) is 2.79. The van der Waals surface area contributed by atoms with Gasteiger partial charge in [-0.05, 0) is 18.8 Å². The zero-order chi connectivity index (χ0) is 13.9. The summed E-state index contributed by atoms with van der Waals surface area (Å²) in [5.41, 5.74) is 0. The molecule has 1 aliphatic heterocycles. The highest BCUT2D eigenvalue weighted by atomic mass is 32.2. The van der Waals surface area contributed by atoms with Gasteiger partial charge >= 0.3 is 0 Å². The van der Waals surface area contributed by atoms with Crippen LogP contribution < -0.4 is 4.72 Å². The normalized spacial score (nSPS) is 27.2. The van der Waals surface area contributed by atoms with E-state index in [0.29, 0.717) is 13.2 Å². The molecule has 2 rings (SSSR count). The first-order valence-electron chi connectivity index (χ1n) is 7.20. The first-order valence-corrected chi connectivity index (χ1v) is 8.85. The van der Waals surface area contributed by atoms with Gasteiger partial charge < -0.3 is 9.47 Å². The Morgan fingerprint density at radius 2 is 1.95 bits per heavy atom. The molecule has 1 spiro atoms. The van der Waals surface area contributed by atoms with Gasteiger partial charge in [0.25, 0.3) is 0 Å². The van der Waals surface area contributed by atoms with Gasteiger partial charge in [-0.25, -0.2) is 13.1 Å². The van der Waals surface area contributed by atoms with Crippen LogP contribution in [0.2, 0.25) is 0 Å². The Balaban J connectivity index is 1.79. The van der Waals surface area contributed by atoms with E-state index in [4.69, 9.17) is 9.47 Å². The average Bonchev–Trinajstić information content (AvgIpc) is 2.69. The monoisotopic (exact) mass is 291 g/mol. The minimum Gasteiger partial charge on any atom is -0.347 e. The smallest absolute Gasteiger partial charge is 0.211 e. The van der Waals surface area contributed by atoms with Crippen molar-refractivity contribution >= 4 is 10.0 Å². The molecule has 0 bridgehead atoms. The molecule has 0 aromatic rings. The van der Waals surface area contributed by atoms with Gasteiger partial charge in [0.1, 0.15) is 0 Å². The van der Waals surface area contributed by atoms with Gasteiger partial charge in [-0.1, -0.05) is 20.3 Å². The minimum absolute atomic E-state index is 0.128. The van der Waals surface area contributed by atoms with Gasteiger partial charge in [0.2, 0.25) is 10.0 Å². The third-order valence-corrected chi connectivity index (χ3v) is 5.32. The fraction of sp³-hybridized carbons (Fsp3) is 1.00. The van der Waals surface area contributed by atoms with Crippen molar-refractivity contribution in [2.75, 3.05) is 18.9 Å². The van der Waals surface area contributed by atoms with Crippen LogP contribution in [0, 0.1) is 5.92 Å². The second-order valence-corrected chi connectivity index (χ2v) is 7.90. The molecule has 112 valence electrons. The van der Waals surface area contributed by atoms with Crippen molar-refractivity contribution in [3.63, 3.8) is 0 Å². The maximum atomic E-state index is 11.8. The summed E-state index contributed by atoms with van der Waals surface area (Å²) in [6, 6.07) is 0. The second-order valence-electron chi connectivity index (χ2n) is 6.05. The Labute approximate surface area is 116 Å². The van der Waals surface area contributed by atoms with Gasteiger partial charge in [0.05, 0.1) is 18.5 Å². The van der Waals surface area contributed by atoms with Gasteiger partial charge in [-0.15, -0.1) is 0 Å². The summed E-state index contributed by atoms with van der Waals surface area (Å²) in [7, 11) is -3.20. The van der Waals surface area contributed by atoms with Crippen LogP contribution in [0.1, 0.15) is 46.0 Å². The molecule has 6 heteroatoms. The van der Waals surface area contributed by atoms with Crippen molar-refractivity contribution in [2.45, 2.75) is 57.8 Å². The molecule has 0 amide bonds. The third-order valence-electron chi connectivity index (χ3n) is 3.61. The number of hydrogen-bond acceptors (Lipinski definition) is 4. The van der Waals surface area contributed by atoms with Gasteiger partial charge in [-0.2, -0.15) is 0 Å². The maximum absolute atomic E-state index is 11.8. The van der Waals surface area contributed by atoms with Gasteiger partial charge in [0, 0.05) is 19.4 Å². The van der Waals surface area contributed by atoms with E-state index in [0.717, 1.165) is 25.7 Å². The number of sulfonamides is 1.